The molecular weight excluding hydrogens is 516 g/mol. The maximum absolute atomic E-state index is 13.8. The third-order valence-corrected chi connectivity index (χ3v) is 7.56. The maximum atomic E-state index is 13.8. The van der Waals surface area contributed by atoms with Gasteiger partial charge in [0.05, 0.1) is 19.2 Å². The van der Waals surface area contributed by atoms with Gasteiger partial charge in [-0.15, -0.1) is 0 Å². The highest BCUT2D eigenvalue weighted by Gasteiger charge is 2.25. The number of ether oxygens (including phenoxy) is 2. The van der Waals surface area contributed by atoms with Crippen LogP contribution in [0.25, 0.3) is 22.0 Å². The van der Waals surface area contributed by atoms with E-state index in [9.17, 15) is 9.59 Å². The first-order chi connectivity index (χ1) is 20.0. The smallest absolute Gasteiger partial charge is 0.254 e. The Labute approximate surface area is 241 Å². The van der Waals surface area contributed by atoms with Gasteiger partial charge in [0.1, 0.15) is 11.6 Å². The zero-order chi connectivity index (χ0) is 28.8. The first-order valence-corrected chi connectivity index (χ1v) is 13.9. The first kappa shape index (κ1) is 28.1. The predicted molar refractivity (Wildman–Crippen MR) is 161 cm³/mol. The molecule has 1 aromatic heterocycles. The molecule has 0 spiro atoms. The molecule has 0 N–H and O–H groups in total. The van der Waals surface area contributed by atoms with Crippen LogP contribution in [0.3, 0.4) is 0 Å². The van der Waals surface area contributed by atoms with Gasteiger partial charge in [0.2, 0.25) is 5.91 Å². The fourth-order valence-corrected chi connectivity index (χ4v) is 5.21. The summed E-state index contributed by atoms with van der Waals surface area (Å²) in [6.45, 7) is 5.43. The fourth-order valence-electron chi connectivity index (χ4n) is 5.21. The molecule has 5 rings (SSSR count). The summed E-state index contributed by atoms with van der Waals surface area (Å²) in [5.74, 6) is 1.57. The van der Waals surface area contributed by atoms with Gasteiger partial charge in [-0.25, -0.2) is 4.98 Å². The number of hydrogen-bond acceptors (Lipinski definition) is 6. The van der Waals surface area contributed by atoms with Crippen molar-refractivity contribution in [2.75, 3.05) is 58.5 Å². The van der Waals surface area contributed by atoms with Gasteiger partial charge in [-0.05, 0) is 41.5 Å². The molecule has 8 heteroatoms. The molecule has 1 aliphatic heterocycles. The summed E-state index contributed by atoms with van der Waals surface area (Å²) in [7, 11) is 3.28. The number of benzene rings is 3. The number of rotatable bonds is 9. The Kier molecular flexibility index (Phi) is 8.79. The first-order valence-electron chi connectivity index (χ1n) is 13.9. The summed E-state index contributed by atoms with van der Waals surface area (Å²) >= 11 is 0. The largest absolute Gasteiger partial charge is 0.497 e. The summed E-state index contributed by atoms with van der Waals surface area (Å²) in [5.41, 5.74) is 4.56. The molecule has 0 bridgehead atoms. The standard InChI is InChI=1S/C33H36N4O4/c1-24(38)35-15-17-36(18-16-35)32-29(21-28-13-14-30(41-3)22-31(28)34-32)23-37(19-20-40-2)33(39)27-11-9-26(10-12-27)25-7-5-4-6-8-25/h4-14,21-22H,15-20,23H2,1-3H3. The minimum Gasteiger partial charge on any atom is -0.497 e. The number of aromatic nitrogens is 1. The van der Waals surface area contributed by atoms with Gasteiger partial charge in [0, 0.05) is 75.9 Å². The molecule has 3 aromatic carbocycles. The van der Waals surface area contributed by atoms with Crippen molar-refractivity contribution in [1.82, 2.24) is 14.8 Å². The van der Waals surface area contributed by atoms with Crippen molar-refractivity contribution < 1.29 is 19.1 Å². The van der Waals surface area contributed by atoms with Crippen LogP contribution < -0.4 is 9.64 Å². The number of pyridine rings is 1. The molecule has 0 atom stereocenters. The lowest BCUT2D eigenvalue weighted by Gasteiger charge is -2.36. The van der Waals surface area contributed by atoms with Crippen molar-refractivity contribution >= 4 is 28.5 Å². The van der Waals surface area contributed by atoms with Crippen LogP contribution >= 0.6 is 0 Å². The topological polar surface area (TPSA) is 75.2 Å². The molecule has 1 fully saturated rings. The van der Waals surface area contributed by atoms with Crippen LogP contribution in [0.15, 0.2) is 78.9 Å². The van der Waals surface area contributed by atoms with Crippen LogP contribution in [0.4, 0.5) is 5.82 Å². The van der Waals surface area contributed by atoms with Crippen molar-refractivity contribution in [2.24, 2.45) is 0 Å². The van der Waals surface area contributed by atoms with Crippen molar-refractivity contribution in [3.8, 4) is 16.9 Å². The van der Waals surface area contributed by atoms with E-state index >= 15 is 0 Å². The fraction of sp³-hybridized carbons (Fsp3) is 0.303. The minimum atomic E-state index is -0.0659. The predicted octanol–water partition coefficient (Wildman–Crippen LogP) is 4.87. The molecule has 0 saturated carbocycles. The molecular formula is C33H36N4O4. The minimum absolute atomic E-state index is 0.0659. The highest BCUT2D eigenvalue weighted by atomic mass is 16.5. The van der Waals surface area contributed by atoms with Crippen LogP contribution in [-0.4, -0.2) is 80.1 Å². The second-order valence-electron chi connectivity index (χ2n) is 10.2. The van der Waals surface area contributed by atoms with E-state index in [0.29, 0.717) is 51.4 Å². The monoisotopic (exact) mass is 552 g/mol. The molecule has 41 heavy (non-hydrogen) atoms. The Morgan fingerprint density at radius 1 is 0.878 bits per heavy atom. The van der Waals surface area contributed by atoms with E-state index in [1.54, 1.807) is 21.1 Å². The molecule has 0 aliphatic carbocycles. The van der Waals surface area contributed by atoms with Gasteiger partial charge in [0.25, 0.3) is 5.91 Å². The quantitative estimate of drug-likeness (QED) is 0.295. The van der Waals surface area contributed by atoms with Crippen molar-refractivity contribution in [3.05, 3.63) is 90.0 Å². The Bertz CT molecular complexity index is 1500. The van der Waals surface area contributed by atoms with Gasteiger partial charge >= 0.3 is 0 Å². The Morgan fingerprint density at radius 2 is 1.59 bits per heavy atom. The van der Waals surface area contributed by atoms with Gasteiger partial charge in [0.15, 0.2) is 0 Å². The van der Waals surface area contributed by atoms with Crippen LogP contribution in [-0.2, 0) is 16.1 Å². The summed E-state index contributed by atoms with van der Waals surface area (Å²) in [4.78, 5) is 36.7. The molecule has 1 aliphatic rings. The van der Waals surface area contributed by atoms with Crippen LogP contribution in [0.1, 0.15) is 22.8 Å². The van der Waals surface area contributed by atoms with E-state index < -0.39 is 0 Å². The molecule has 2 amide bonds. The zero-order valence-corrected chi connectivity index (χ0v) is 23.9. The summed E-state index contributed by atoms with van der Waals surface area (Å²) in [6.07, 6.45) is 0. The molecule has 8 nitrogen and oxygen atoms in total. The normalized spacial score (nSPS) is 13.3. The summed E-state index contributed by atoms with van der Waals surface area (Å²) in [6, 6.07) is 25.8. The summed E-state index contributed by atoms with van der Waals surface area (Å²) in [5, 5.41) is 0.971. The van der Waals surface area contributed by atoms with Crippen LogP contribution in [0.2, 0.25) is 0 Å². The van der Waals surface area contributed by atoms with Crippen molar-refractivity contribution in [3.63, 3.8) is 0 Å². The number of anilines is 1. The van der Waals surface area contributed by atoms with Gasteiger partial charge in [-0.3, -0.25) is 9.59 Å². The second-order valence-corrected chi connectivity index (χ2v) is 10.2. The molecule has 0 unspecified atom stereocenters. The van der Waals surface area contributed by atoms with Crippen LogP contribution in [0.5, 0.6) is 5.75 Å². The number of piperazine rings is 1. The van der Waals surface area contributed by atoms with E-state index in [1.807, 2.05) is 70.5 Å². The number of hydrogen-bond donors (Lipinski definition) is 0. The van der Waals surface area contributed by atoms with Crippen LogP contribution in [0, 0.1) is 0 Å². The third-order valence-electron chi connectivity index (χ3n) is 7.56. The lowest BCUT2D eigenvalue weighted by Crippen LogP contribution is -2.48. The maximum Gasteiger partial charge on any atom is 0.254 e. The highest BCUT2D eigenvalue weighted by Crippen LogP contribution is 2.29. The average Bonchev–Trinajstić information content (AvgIpc) is 3.02. The SMILES string of the molecule is COCCN(Cc1cc2ccc(OC)cc2nc1N1CCN(C(C)=O)CC1)C(=O)c1ccc(-c2ccccc2)cc1. The number of nitrogens with zero attached hydrogens (tertiary/aromatic N) is 4. The highest BCUT2D eigenvalue weighted by molar-refractivity contribution is 5.95. The number of fused-ring (bicyclic) bond motifs is 1. The van der Waals surface area contributed by atoms with Gasteiger partial charge in [-0.2, -0.15) is 0 Å². The average molecular weight is 553 g/mol. The number of methoxy groups -OCH3 is 2. The lowest BCUT2D eigenvalue weighted by atomic mass is 10.0. The number of carbonyl (C=O) groups is 2. The molecule has 1 saturated heterocycles. The van der Waals surface area contributed by atoms with Gasteiger partial charge < -0.3 is 24.2 Å². The van der Waals surface area contributed by atoms with E-state index in [4.69, 9.17) is 14.5 Å². The molecule has 0 radical (unpaired) electrons. The molecule has 2 heterocycles. The third kappa shape index (κ3) is 6.49. The van der Waals surface area contributed by atoms with E-state index in [1.165, 1.54) is 0 Å². The van der Waals surface area contributed by atoms with Crippen molar-refractivity contribution in [2.45, 2.75) is 13.5 Å². The summed E-state index contributed by atoms with van der Waals surface area (Å²) < 4.78 is 10.8. The zero-order valence-electron chi connectivity index (χ0n) is 23.9. The van der Waals surface area contributed by atoms with E-state index in [0.717, 1.165) is 39.2 Å². The Morgan fingerprint density at radius 3 is 2.24 bits per heavy atom. The number of amides is 2. The van der Waals surface area contributed by atoms with E-state index in [2.05, 4.69) is 23.1 Å². The Balaban J connectivity index is 1.46. The van der Waals surface area contributed by atoms with Gasteiger partial charge in [-0.1, -0.05) is 42.5 Å². The Hall–Kier alpha value is -4.43. The second kappa shape index (κ2) is 12.8. The lowest BCUT2D eigenvalue weighted by molar-refractivity contribution is -0.129. The van der Waals surface area contributed by atoms with E-state index in [-0.39, 0.29) is 11.8 Å². The number of carbonyl (C=O) groups excluding carboxylic acids is 2. The molecule has 212 valence electrons. The molecule has 4 aromatic rings. The van der Waals surface area contributed by atoms with Crippen molar-refractivity contribution in [1.29, 1.82) is 0 Å².